The Labute approximate surface area is 123 Å². The Morgan fingerprint density at radius 3 is 2.55 bits per heavy atom. The summed E-state index contributed by atoms with van der Waals surface area (Å²) in [6, 6.07) is 1.73. The van der Waals surface area contributed by atoms with Gasteiger partial charge in [-0.15, -0.1) is 11.3 Å². The van der Waals surface area contributed by atoms with Gasteiger partial charge in [0.2, 0.25) is 0 Å². The second-order valence-electron chi connectivity index (χ2n) is 5.74. The first kappa shape index (κ1) is 15.5. The van der Waals surface area contributed by atoms with Gasteiger partial charge in [-0.25, -0.2) is 4.79 Å². The highest BCUT2D eigenvalue weighted by atomic mass is 32.1. The van der Waals surface area contributed by atoms with E-state index in [0.717, 1.165) is 36.1 Å². The van der Waals surface area contributed by atoms with Crippen LogP contribution in [0, 0.1) is 6.92 Å². The van der Waals surface area contributed by atoms with Gasteiger partial charge in [0, 0.05) is 18.0 Å². The summed E-state index contributed by atoms with van der Waals surface area (Å²) >= 11 is 1.31. The molecule has 5 heteroatoms. The number of nitrogens with one attached hydrogen (secondary N) is 1. The molecule has 0 radical (unpaired) electrons. The fourth-order valence-electron chi connectivity index (χ4n) is 2.79. The molecule has 0 aliphatic heterocycles. The lowest BCUT2D eigenvalue weighted by molar-refractivity contribution is 0.0250. The maximum absolute atomic E-state index is 10.9. The predicted molar refractivity (Wildman–Crippen MR) is 80.4 cm³/mol. The van der Waals surface area contributed by atoms with Crippen molar-refractivity contribution in [2.45, 2.75) is 57.6 Å². The Bertz CT molecular complexity index is 462. The summed E-state index contributed by atoms with van der Waals surface area (Å²) in [5.41, 5.74) is 0.431. The smallest absolute Gasteiger partial charge is 0.345 e. The lowest BCUT2D eigenvalue weighted by Gasteiger charge is -2.27. The molecule has 1 fully saturated rings. The van der Waals surface area contributed by atoms with E-state index in [4.69, 9.17) is 5.11 Å². The van der Waals surface area contributed by atoms with Crippen molar-refractivity contribution in [3.05, 3.63) is 21.4 Å². The molecule has 0 spiro atoms. The van der Waals surface area contributed by atoms with Crippen molar-refractivity contribution < 1.29 is 15.0 Å². The van der Waals surface area contributed by atoms with Crippen molar-refractivity contribution in [2.75, 3.05) is 6.54 Å². The number of carbonyl (C=O) groups is 1. The summed E-state index contributed by atoms with van der Waals surface area (Å²) in [7, 11) is 0. The van der Waals surface area contributed by atoms with Gasteiger partial charge < -0.3 is 15.5 Å². The molecule has 1 aliphatic carbocycles. The minimum atomic E-state index is -0.869. The van der Waals surface area contributed by atoms with Crippen LogP contribution < -0.4 is 5.32 Å². The number of rotatable bonds is 5. The van der Waals surface area contributed by atoms with Gasteiger partial charge in [0.1, 0.15) is 4.88 Å². The molecule has 2 rings (SSSR count). The zero-order valence-electron chi connectivity index (χ0n) is 11.9. The number of aryl methyl sites for hydroxylation is 1. The highest BCUT2D eigenvalue weighted by Gasteiger charge is 2.27. The minimum Gasteiger partial charge on any atom is -0.477 e. The molecule has 0 saturated heterocycles. The first-order chi connectivity index (χ1) is 9.50. The molecule has 0 aromatic carbocycles. The van der Waals surface area contributed by atoms with Crippen LogP contribution >= 0.6 is 11.3 Å². The van der Waals surface area contributed by atoms with Crippen molar-refractivity contribution in [3.8, 4) is 0 Å². The average Bonchev–Trinajstić information content (AvgIpc) is 2.62. The summed E-state index contributed by atoms with van der Waals surface area (Å²) in [5, 5.41) is 22.8. The monoisotopic (exact) mass is 297 g/mol. The number of aromatic carboxylic acids is 1. The van der Waals surface area contributed by atoms with E-state index in [-0.39, 0.29) is 0 Å². The van der Waals surface area contributed by atoms with Crippen LogP contribution in [0.4, 0.5) is 0 Å². The predicted octanol–water partition coefficient (Wildman–Crippen LogP) is 2.93. The average molecular weight is 297 g/mol. The van der Waals surface area contributed by atoms with E-state index in [1.54, 1.807) is 6.07 Å². The van der Waals surface area contributed by atoms with E-state index < -0.39 is 11.6 Å². The zero-order chi connectivity index (χ0) is 14.6. The second-order valence-corrected chi connectivity index (χ2v) is 7.00. The first-order valence-corrected chi connectivity index (χ1v) is 8.07. The van der Waals surface area contributed by atoms with E-state index in [1.807, 2.05) is 6.92 Å². The van der Waals surface area contributed by atoms with Gasteiger partial charge in [-0.1, -0.05) is 25.7 Å². The van der Waals surface area contributed by atoms with Crippen molar-refractivity contribution >= 4 is 17.3 Å². The van der Waals surface area contributed by atoms with Crippen LogP contribution in [0.1, 0.15) is 58.6 Å². The lowest BCUT2D eigenvalue weighted by Crippen LogP contribution is -2.39. The largest absolute Gasteiger partial charge is 0.477 e. The Hall–Kier alpha value is -0.910. The topological polar surface area (TPSA) is 69.6 Å². The molecule has 1 aliphatic rings. The molecule has 0 bridgehead atoms. The third kappa shape index (κ3) is 4.04. The van der Waals surface area contributed by atoms with E-state index in [9.17, 15) is 9.90 Å². The summed E-state index contributed by atoms with van der Waals surface area (Å²) in [6.07, 6.45) is 6.35. The Morgan fingerprint density at radius 2 is 2.00 bits per heavy atom. The fourth-order valence-corrected chi connectivity index (χ4v) is 3.67. The summed E-state index contributed by atoms with van der Waals surface area (Å²) in [6.45, 7) is 3.15. The standard InChI is InChI=1S/C15H23NO3S/c1-11-12(8-13(20-11)14(17)18)9-16-10-15(19)6-4-2-3-5-7-15/h8,16,19H,2-7,9-10H2,1H3,(H,17,18). The van der Waals surface area contributed by atoms with E-state index in [1.165, 1.54) is 24.2 Å². The molecular weight excluding hydrogens is 274 g/mol. The van der Waals surface area contributed by atoms with Gasteiger partial charge in [0.05, 0.1) is 5.60 Å². The van der Waals surface area contributed by atoms with Gasteiger partial charge >= 0.3 is 5.97 Å². The second kappa shape index (κ2) is 6.70. The molecule has 3 N–H and O–H groups in total. The Morgan fingerprint density at radius 1 is 1.35 bits per heavy atom. The minimum absolute atomic E-state index is 0.382. The third-order valence-electron chi connectivity index (χ3n) is 4.04. The van der Waals surface area contributed by atoms with Gasteiger partial charge in [-0.3, -0.25) is 0 Å². The van der Waals surface area contributed by atoms with Gasteiger partial charge in [0.15, 0.2) is 0 Å². The van der Waals surface area contributed by atoms with Gasteiger partial charge in [0.25, 0.3) is 0 Å². The van der Waals surface area contributed by atoms with Crippen LogP contribution in [-0.4, -0.2) is 28.3 Å². The highest BCUT2D eigenvalue weighted by molar-refractivity contribution is 7.14. The molecule has 1 saturated carbocycles. The molecule has 1 aromatic heterocycles. The highest BCUT2D eigenvalue weighted by Crippen LogP contribution is 2.27. The summed E-state index contributed by atoms with van der Waals surface area (Å²) in [4.78, 5) is 12.3. The fraction of sp³-hybridized carbons (Fsp3) is 0.667. The Kier molecular flexibility index (Phi) is 5.18. The maximum atomic E-state index is 10.9. The number of hydrogen-bond donors (Lipinski definition) is 3. The first-order valence-electron chi connectivity index (χ1n) is 7.26. The van der Waals surface area contributed by atoms with Crippen LogP contribution in [0.2, 0.25) is 0 Å². The Balaban J connectivity index is 1.87. The van der Waals surface area contributed by atoms with Crippen LogP contribution in [0.15, 0.2) is 6.07 Å². The van der Waals surface area contributed by atoms with Crippen molar-refractivity contribution in [1.29, 1.82) is 0 Å². The number of carboxylic acids is 1. The normalized spacial score (nSPS) is 18.7. The van der Waals surface area contributed by atoms with Crippen LogP contribution in [0.25, 0.3) is 0 Å². The molecule has 0 atom stereocenters. The quantitative estimate of drug-likeness (QED) is 0.731. The number of aliphatic hydroxyl groups is 1. The van der Waals surface area contributed by atoms with Gasteiger partial charge in [-0.2, -0.15) is 0 Å². The molecule has 112 valence electrons. The zero-order valence-corrected chi connectivity index (χ0v) is 12.8. The molecular formula is C15H23NO3S. The maximum Gasteiger partial charge on any atom is 0.345 e. The molecule has 20 heavy (non-hydrogen) atoms. The van der Waals surface area contributed by atoms with Crippen molar-refractivity contribution in [1.82, 2.24) is 5.32 Å². The van der Waals surface area contributed by atoms with Crippen LogP contribution in [-0.2, 0) is 6.54 Å². The molecule has 0 unspecified atom stereocenters. The SMILES string of the molecule is Cc1sc(C(=O)O)cc1CNCC1(O)CCCCCC1. The molecule has 0 amide bonds. The molecule has 1 aromatic rings. The van der Waals surface area contributed by atoms with Crippen molar-refractivity contribution in [3.63, 3.8) is 0 Å². The third-order valence-corrected chi connectivity index (χ3v) is 5.12. The van der Waals surface area contributed by atoms with Crippen molar-refractivity contribution in [2.24, 2.45) is 0 Å². The van der Waals surface area contributed by atoms with Gasteiger partial charge in [-0.05, 0) is 31.4 Å². The molecule has 4 nitrogen and oxygen atoms in total. The summed E-state index contributed by atoms with van der Waals surface area (Å²) in [5.74, 6) is -0.869. The van der Waals surface area contributed by atoms with E-state index >= 15 is 0 Å². The van der Waals surface area contributed by atoms with Crippen LogP contribution in [0.3, 0.4) is 0 Å². The molecule has 1 heterocycles. The van der Waals surface area contributed by atoms with E-state index in [2.05, 4.69) is 5.32 Å². The number of carboxylic acid groups (broad SMARTS) is 1. The number of thiophene rings is 1. The van der Waals surface area contributed by atoms with E-state index in [0.29, 0.717) is 18.0 Å². The van der Waals surface area contributed by atoms with Crippen LogP contribution in [0.5, 0.6) is 0 Å². The summed E-state index contributed by atoms with van der Waals surface area (Å²) < 4.78 is 0. The number of hydrogen-bond acceptors (Lipinski definition) is 4. The lowest BCUT2D eigenvalue weighted by atomic mass is 9.94.